The SMILES string of the molecule is CCc1nc(C)cc([NH+]([O-])O)c1O. The van der Waals surface area contributed by atoms with Crippen molar-refractivity contribution in [2.24, 2.45) is 0 Å². The lowest BCUT2D eigenvalue weighted by molar-refractivity contribution is -0.991. The van der Waals surface area contributed by atoms with E-state index in [2.05, 4.69) is 4.98 Å². The third kappa shape index (κ3) is 1.95. The van der Waals surface area contributed by atoms with Crippen molar-refractivity contribution >= 4 is 5.69 Å². The normalized spacial score (nSPS) is 12.9. The minimum atomic E-state index is -1.13. The maximum absolute atomic E-state index is 10.7. The largest absolute Gasteiger partial charge is 0.595 e. The highest BCUT2D eigenvalue weighted by Crippen LogP contribution is 2.23. The van der Waals surface area contributed by atoms with Crippen LogP contribution in [0.4, 0.5) is 5.69 Å². The Labute approximate surface area is 75.8 Å². The van der Waals surface area contributed by atoms with Crippen LogP contribution in [0.15, 0.2) is 6.07 Å². The lowest BCUT2D eigenvalue weighted by Crippen LogP contribution is -2.99. The van der Waals surface area contributed by atoms with E-state index >= 15 is 0 Å². The number of pyridine rings is 1. The Morgan fingerprint density at radius 1 is 1.62 bits per heavy atom. The van der Waals surface area contributed by atoms with Crippen molar-refractivity contribution in [3.05, 3.63) is 22.7 Å². The summed E-state index contributed by atoms with van der Waals surface area (Å²) in [7, 11) is 0. The molecule has 3 N–H and O–H groups in total. The van der Waals surface area contributed by atoms with E-state index in [-0.39, 0.29) is 11.4 Å². The monoisotopic (exact) mass is 184 g/mol. The van der Waals surface area contributed by atoms with Crippen molar-refractivity contribution in [3.63, 3.8) is 0 Å². The minimum absolute atomic E-state index is 0.0793. The van der Waals surface area contributed by atoms with Crippen LogP contribution in [0.5, 0.6) is 5.75 Å². The molecule has 0 amide bonds. The average Bonchev–Trinajstić information content (AvgIpc) is 2.08. The Morgan fingerprint density at radius 3 is 2.69 bits per heavy atom. The molecule has 0 saturated carbocycles. The second kappa shape index (κ2) is 3.69. The van der Waals surface area contributed by atoms with Gasteiger partial charge in [0.1, 0.15) is 0 Å². The van der Waals surface area contributed by atoms with E-state index in [1.165, 1.54) is 6.07 Å². The van der Waals surface area contributed by atoms with Crippen LogP contribution in [0.25, 0.3) is 0 Å². The number of nitrogens with one attached hydrogen (secondary N) is 1. The predicted octanol–water partition coefficient (Wildman–Crippen LogP) is 0.0614. The van der Waals surface area contributed by atoms with E-state index in [4.69, 9.17) is 5.21 Å². The maximum Gasteiger partial charge on any atom is 0.209 e. The predicted molar refractivity (Wildman–Crippen MR) is 45.8 cm³/mol. The summed E-state index contributed by atoms with van der Waals surface area (Å²) in [6.45, 7) is 3.51. The first-order valence-corrected chi connectivity index (χ1v) is 3.99. The van der Waals surface area contributed by atoms with Crippen molar-refractivity contribution in [1.82, 2.24) is 4.98 Å². The van der Waals surface area contributed by atoms with Crippen LogP contribution in [0.3, 0.4) is 0 Å². The summed E-state index contributed by atoms with van der Waals surface area (Å²) < 4.78 is 0. The topological polar surface area (TPSA) is 80.9 Å². The number of aromatic hydroxyl groups is 1. The summed E-state index contributed by atoms with van der Waals surface area (Å²) >= 11 is 0. The first kappa shape index (κ1) is 9.91. The summed E-state index contributed by atoms with van der Waals surface area (Å²) in [4.78, 5) is 4.02. The first-order valence-electron chi connectivity index (χ1n) is 3.99. The summed E-state index contributed by atoms with van der Waals surface area (Å²) in [6.07, 6.45) is 0.522. The van der Waals surface area contributed by atoms with E-state index in [1.54, 1.807) is 6.92 Å². The number of aromatic nitrogens is 1. The third-order valence-electron chi connectivity index (χ3n) is 1.76. The molecule has 5 heteroatoms. The molecule has 0 aliphatic heterocycles. The van der Waals surface area contributed by atoms with Gasteiger partial charge in [-0.05, 0) is 13.3 Å². The molecule has 1 aromatic rings. The molecule has 72 valence electrons. The standard InChI is InChI=1S/C8H12N2O3/c1-3-6-8(11)7(10(12)13)4-5(2)9-6/h4,10-12H,3H2,1-2H3. The van der Waals surface area contributed by atoms with Crippen LogP contribution in [0.1, 0.15) is 18.3 Å². The van der Waals surface area contributed by atoms with Crippen molar-refractivity contribution in [1.29, 1.82) is 0 Å². The quantitative estimate of drug-likeness (QED) is 0.568. The highest BCUT2D eigenvalue weighted by Gasteiger charge is 2.13. The molecule has 1 heterocycles. The number of hydrogen-bond donors (Lipinski definition) is 3. The minimum Gasteiger partial charge on any atom is -0.595 e. The Hall–Kier alpha value is -1.17. The maximum atomic E-state index is 10.7. The van der Waals surface area contributed by atoms with Gasteiger partial charge in [-0.15, -0.1) is 0 Å². The van der Waals surface area contributed by atoms with Gasteiger partial charge in [0, 0.05) is 11.8 Å². The van der Waals surface area contributed by atoms with Crippen molar-refractivity contribution in [2.75, 3.05) is 0 Å². The fourth-order valence-electron chi connectivity index (χ4n) is 1.14. The van der Waals surface area contributed by atoms with Crippen LogP contribution in [0, 0.1) is 12.1 Å². The zero-order valence-electron chi connectivity index (χ0n) is 7.53. The Bertz CT molecular complexity index is 313. The van der Waals surface area contributed by atoms with Gasteiger partial charge in [-0.1, -0.05) is 6.92 Å². The summed E-state index contributed by atoms with van der Waals surface area (Å²) in [5.74, 6) is -0.222. The van der Waals surface area contributed by atoms with Gasteiger partial charge in [-0.2, -0.15) is 5.23 Å². The average molecular weight is 184 g/mol. The molecule has 1 atom stereocenters. The zero-order valence-corrected chi connectivity index (χ0v) is 7.53. The van der Waals surface area contributed by atoms with Crippen molar-refractivity contribution < 1.29 is 15.5 Å². The molecule has 0 bridgehead atoms. The van der Waals surface area contributed by atoms with Crippen LogP contribution in [-0.4, -0.2) is 15.3 Å². The summed E-state index contributed by atoms with van der Waals surface area (Å²) in [5.41, 5.74) is 0.953. The Kier molecular flexibility index (Phi) is 2.82. The van der Waals surface area contributed by atoms with E-state index in [9.17, 15) is 10.3 Å². The third-order valence-corrected chi connectivity index (χ3v) is 1.76. The van der Waals surface area contributed by atoms with Gasteiger partial charge >= 0.3 is 0 Å². The molecule has 0 fully saturated rings. The Balaban J connectivity index is 3.27. The molecule has 0 radical (unpaired) electrons. The van der Waals surface area contributed by atoms with Crippen LogP contribution < -0.4 is 5.23 Å². The van der Waals surface area contributed by atoms with Gasteiger partial charge < -0.3 is 10.3 Å². The molecular weight excluding hydrogens is 172 g/mol. The van der Waals surface area contributed by atoms with E-state index in [1.807, 2.05) is 6.92 Å². The van der Waals surface area contributed by atoms with Gasteiger partial charge in [-0.3, -0.25) is 4.98 Å². The second-order valence-corrected chi connectivity index (χ2v) is 2.77. The molecular formula is C8H12N2O3. The molecule has 1 rings (SSSR count). The molecule has 0 aliphatic rings. The number of rotatable bonds is 2. The van der Waals surface area contributed by atoms with Gasteiger partial charge in [0.2, 0.25) is 11.4 Å². The smallest absolute Gasteiger partial charge is 0.209 e. The fourth-order valence-corrected chi connectivity index (χ4v) is 1.14. The van der Waals surface area contributed by atoms with Crippen molar-refractivity contribution in [2.45, 2.75) is 20.3 Å². The zero-order chi connectivity index (χ0) is 10.0. The molecule has 0 spiro atoms. The number of quaternary nitrogens is 1. The highest BCUT2D eigenvalue weighted by atomic mass is 16.8. The lowest BCUT2D eigenvalue weighted by Gasteiger charge is -2.14. The number of hydrogen-bond acceptors (Lipinski definition) is 4. The molecule has 0 aliphatic carbocycles. The molecule has 13 heavy (non-hydrogen) atoms. The molecule has 1 unspecified atom stereocenters. The van der Waals surface area contributed by atoms with Crippen LogP contribution in [0.2, 0.25) is 0 Å². The van der Waals surface area contributed by atoms with Crippen LogP contribution in [-0.2, 0) is 6.42 Å². The fraction of sp³-hybridized carbons (Fsp3) is 0.375. The van der Waals surface area contributed by atoms with Gasteiger partial charge in [0.15, 0.2) is 0 Å². The first-order chi connectivity index (χ1) is 6.06. The molecule has 1 aromatic heterocycles. The lowest BCUT2D eigenvalue weighted by atomic mass is 10.2. The highest BCUT2D eigenvalue weighted by molar-refractivity contribution is 5.48. The van der Waals surface area contributed by atoms with Crippen molar-refractivity contribution in [3.8, 4) is 5.75 Å². The summed E-state index contributed by atoms with van der Waals surface area (Å²) in [5, 5.41) is 27.7. The van der Waals surface area contributed by atoms with Gasteiger partial charge in [0.05, 0.1) is 5.69 Å². The Morgan fingerprint density at radius 2 is 2.23 bits per heavy atom. The molecule has 0 aromatic carbocycles. The van der Waals surface area contributed by atoms with E-state index < -0.39 is 5.23 Å². The van der Waals surface area contributed by atoms with E-state index in [0.29, 0.717) is 17.8 Å². The second-order valence-electron chi connectivity index (χ2n) is 2.77. The molecule has 5 nitrogen and oxygen atoms in total. The van der Waals surface area contributed by atoms with Crippen LogP contribution >= 0.6 is 0 Å². The molecule has 0 saturated heterocycles. The van der Waals surface area contributed by atoms with Gasteiger partial charge in [-0.25, -0.2) is 5.21 Å². The number of nitrogens with zero attached hydrogens (tertiary/aromatic N) is 1. The van der Waals surface area contributed by atoms with E-state index in [0.717, 1.165) is 0 Å². The number of aryl methyl sites for hydroxylation is 2. The summed E-state index contributed by atoms with van der Waals surface area (Å²) in [6, 6.07) is 1.36. The van der Waals surface area contributed by atoms with Gasteiger partial charge in [0.25, 0.3) is 0 Å².